The van der Waals surface area contributed by atoms with Crippen molar-refractivity contribution in [2.24, 2.45) is 0 Å². The first-order chi connectivity index (χ1) is 17.1. The van der Waals surface area contributed by atoms with Gasteiger partial charge in [-0.3, -0.25) is 0 Å². The molecule has 0 nitrogen and oxygen atoms in total. The Morgan fingerprint density at radius 1 is 0.371 bits per heavy atom. The molecule has 0 saturated carbocycles. The van der Waals surface area contributed by atoms with E-state index in [1.54, 1.807) is 0 Å². The topological polar surface area (TPSA) is 0 Å². The summed E-state index contributed by atoms with van der Waals surface area (Å²) in [4.78, 5) is 0. The Labute approximate surface area is 207 Å². The quantitative estimate of drug-likeness (QED) is 0.253. The molecule has 0 N–H and O–H groups in total. The second-order valence-electron chi connectivity index (χ2n) is 9.60. The summed E-state index contributed by atoms with van der Waals surface area (Å²) >= 11 is 0. The third-order valence-corrected chi connectivity index (χ3v) is 7.16. The SMILES string of the molecule is Cc1ccc(-c2ccc(-c3c(C)cc(-c4ccc(C)cc4)c4ccccc34)c3ccccc23)cc1. The van der Waals surface area contributed by atoms with Crippen LogP contribution in [0.2, 0.25) is 0 Å². The molecule has 0 aromatic heterocycles. The second-order valence-corrected chi connectivity index (χ2v) is 9.60. The fourth-order valence-corrected chi connectivity index (χ4v) is 5.35. The molecule has 6 rings (SSSR count). The lowest BCUT2D eigenvalue weighted by Gasteiger charge is -2.18. The number of benzene rings is 6. The molecule has 0 spiro atoms. The van der Waals surface area contributed by atoms with Crippen LogP contribution < -0.4 is 0 Å². The van der Waals surface area contributed by atoms with E-state index in [0.29, 0.717) is 0 Å². The van der Waals surface area contributed by atoms with Crippen molar-refractivity contribution >= 4 is 21.5 Å². The van der Waals surface area contributed by atoms with Gasteiger partial charge >= 0.3 is 0 Å². The number of hydrogen-bond acceptors (Lipinski definition) is 0. The summed E-state index contributed by atoms with van der Waals surface area (Å²) in [7, 11) is 0. The molecule has 0 atom stereocenters. The summed E-state index contributed by atoms with van der Waals surface area (Å²) in [5.41, 5.74) is 11.6. The predicted molar refractivity (Wildman–Crippen MR) is 152 cm³/mol. The molecule has 6 aromatic rings. The van der Waals surface area contributed by atoms with Gasteiger partial charge in [0.1, 0.15) is 0 Å². The fraction of sp³-hybridized carbons (Fsp3) is 0.0857. The number of hydrogen-bond donors (Lipinski definition) is 0. The Bertz CT molecular complexity index is 1680. The first-order valence-electron chi connectivity index (χ1n) is 12.3. The Kier molecular flexibility index (Phi) is 5.23. The average Bonchev–Trinajstić information content (AvgIpc) is 2.89. The summed E-state index contributed by atoms with van der Waals surface area (Å²) in [5, 5.41) is 5.18. The van der Waals surface area contributed by atoms with Crippen molar-refractivity contribution < 1.29 is 0 Å². The van der Waals surface area contributed by atoms with Crippen LogP contribution >= 0.6 is 0 Å². The average molecular weight is 449 g/mol. The van der Waals surface area contributed by atoms with E-state index in [1.165, 1.54) is 71.6 Å². The largest absolute Gasteiger partial charge is 0.0616 e. The number of rotatable bonds is 3. The maximum absolute atomic E-state index is 2.37. The van der Waals surface area contributed by atoms with Crippen molar-refractivity contribution in [2.75, 3.05) is 0 Å². The molecule has 0 radical (unpaired) electrons. The lowest BCUT2D eigenvalue weighted by Crippen LogP contribution is -1.92. The lowest BCUT2D eigenvalue weighted by atomic mass is 9.85. The Morgan fingerprint density at radius 3 is 1.37 bits per heavy atom. The van der Waals surface area contributed by atoms with Crippen LogP contribution in [-0.4, -0.2) is 0 Å². The molecular formula is C35H28. The van der Waals surface area contributed by atoms with E-state index in [1.807, 2.05) is 0 Å². The zero-order chi connectivity index (χ0) is 23.9. The van der Waals surface area contributed by atoms with E-state index in [0.717, 1.165) is 0 Å². The zero-order valence-corrected chi connectivity index (χ0v) is 20.5. The van der Waals surface area contributed by atoms with Gasteiger partial charge in [0.15, 0.2) is 0 Å². The van der Waals surface area contributed by atoms with E-state index in [9.17, 15) is 0 Å². The fourth-order valence-electron chi connectivity index (χ4n) is 5.35. The Hall–Kier alpha value is -4.16. The maximum atomic E-state index is 2.37. The van der Waals surface area contributed by atoms with Gasteiger partial charge in [0, 0.05) is 0 Å². The minimum absolute atomic E-state index is 1.26. The lowest BCUT2D eigenvalue weighted by molar-refractivity contribution is 1.46. The van der Waals surface area contributed by atoms with Gasteiger partial charge in [-0.2, -0.15) is 0 Å². The normalized spacial score (nSPS) is 11.3. The van der Waals surface area contributed by atoms with Crippen molar-refractivity contribution in [3.8, 4) is 33.4 Å². The van der Waals surface area contributed by atoms with E-state index in [-0.39, 0.29) is 0 Å². The summed E-state index contributed by atoms with van der Waals surface area (Å²) < 4.78 is 0. The van der Waals surface area contributed by atoms with Gasteiger partial charge in [0.05, 0.1) is 0 Å². The van der Waals surface area contributed by atoms with E-state index in [2.05, 4.69) is 136 Å². The van der Waals surface area contributed by atoms with Gasteiger partial charge in [0.25, 0.3) is 0 Å². The minimum Gasteiger partial charge on any atom is -0.0616 e. The Balaban J connectivity index is 1.62. The van der Waals surface area contributed by atoms with Gasteiger partial charge in [-0.25, -0.2) is 0 Å². The highest BCUT2D eigenvalue weighted by Gasteiger charge is 2.16. The van der Waals surface area contributed by atoms with Crippen LogP contribution in [0, 0.1) is 20.8 Å². The summed E-state index contributed by atoms with van der Waals surface area (Å²) in [6.45, 7) is 6.53. The van der Waals surface area contributed by atoms with Crippen molar-refractivity contribution in [2.45, 2.75) is 20.8 Å². The molecule has 0 amide bonds. The van der Waals surface area contributed by atoms with Crippen LogP contribution in [0.25, 0.3) is 54.9 Å². The summed E-state index contributed by atoms with van der Waals surface area (Å²) in [6.07, 6.45) is 0. The standard InChI is InChI=1S/C35H28/c1-23-12-16-26(17-13-23)28-20-21-33(30-9-5-4-8-29(28)30)35-25(3)22-34(27-18-14-24(2)15-19-27)31-10-6-7-11-32(31)35/h4-22H,1-3H3. The molecule has 0 bridgehead atoms. The molecule has 0 fully saturated rings. The monoisotopic (exact) mass is 448 g/mol. The smallest absolute Gasteiger partial charge is 0.00694 e. The van der Waals surface area contributed by atoms with Crippen LogP contribution in [-0.2, 0) is 0 Å². The second kappa shape index (κ2) is 8.56. The first-order valence-corrected chi connectivity index (χ1v) is 12.3. The minimum atomic E-state index is 1.26. The molecule has 0 aliphatic heterocycles. The van der Waals surface area contributed by atoms with Gasteiger partial charge in [-0.05, 0) is 81.3 Å². The highest BCUT2D eigenvalue weighted by molar-refractivity contribution is 6.13. The molecule has 168 valence electrons. The van der Waals surface area contributed by atoms with Gasteiger partial charge in [0.2, 0.25) is 0 Å². The van der Waals surface area contributed by atoms with Crippen LogP contribution in [0.15, 0.2) is 115 Å². The van der Waals surface area contributed by atoms with E-state index >= 15 is 0 Å². The molecule has 35 heavy (non-hydrogen) atoms. The van der Waals surface area contributed by atoms with Crippen molar-refractivity contribution in [3.63, 3.8) is 0 Å². The van der Waals surface area contributed by atoms with Crippen LogP contribution in [0.3, 0.4) is 0 Å². The van der Waals surface area contributed by atoms with Gasteiger partial charge < -0.3 is 0 Å². The van der Waals surface area contributed by atoms with Crippen molar-refractivity contribution in [3.05, 3.63) is 132 Å². The third kappa shape index (κ3) is 3.72. The molecule has 0 aliphatic rings. The predicted octanol–water partition coefficient (Wildman–Crippen LogP) is 9.92. The Morgan fingerprint density at radius 2 is 0.800 bits per heavy atom. The first kappa shape index (κ1) is 21.4. The van der Waals surface area contributed by atoms with Crippen LogP contribution in [0.4, 0.5) is 0 Å². The molecule has 0 saturated heterocycles. The summed E-state index contributed by atoms with van der Waals surface area (Å²) in [6, 6.07) is 42.4. The van der Waals surface area contributed by atoms with Crippen molar-refractivity contribution in [1.29, 1.82) is 0 Å². The molecule has 0 aliphatic carbocycles. The molecule has 0 heterocycles. The van der Waals surface area contributed by atoms with Gasteiger partial charge in [-0.15, -0.1) is 0 Å². The molecule has 0 unspecified atom stereocenters. The van der Waals surface area contributed by atoms with Crippen LogP contribution in [0.5, 0.6) is 0 Å². The molecular weight excluding hydrogens is 420 g/mol. The maximum Gasteiger partial charge on any atom is -0.00694 e. The van der Waals surface area contributed by atoms with E-state index in [4.69, 9.17) is 0 Å². The zero-order valence-electron chi connectivity index (χ0n) is 20.5. The van der Waals surface area contributed by atoms with Crippen LogP contribution in [0.1, 0.15) is 16.7 Å². The highest BCUT2D eigenvalue weighted by Crippen LogP contribution is 2.42. The molecule has 6 aromatic carbocycles. The third-order valence-electron chi connectivity index (χ3n) is 7.16. The summed E-state index contributed by atoms with van der Waals surface area (Å²) in [5.74, 6) is 0. The molecule has 0 heteroatoms. The highest BCUT2D eigenvalue weighted by atomic mass is 14.2. The van der Waals surface area contributed by atoms with Crippen molar-refractivity contribution in [1.82, 2.24) is 0 Å². The van der Waals surface area contributed by atoms with Gasteiger partial charge in [-0.1, -0.05) is 126 Å². The number of fused-ring (bicyclic) bond motifs is 2. The van der Waals surface area contributed by atoms with E-state index < -0.39 is 0 Å². The number of aryl methyl sites for hydroxylation is 3.